The van der Waals surface area contributed by atoms with Crippen LogP contribution in [-0.4, -0.2) is 78.1 Å². The summed E-state index contributed by atoms with van der Waals surface area (Å²) in [4.78, 5) is 54.8. The van der Waals surface area contributed by atoms with Crippen LogP contribution < -0.4 is 10.6 Å². The lowest BCUT2D eigenvalue weighted by Gasteiger charge is -2.44. The highest BCUT2D eigenvalue weighted by Gasteiger charge is 2.61. The first kappa shape index (κ1) is 35.1. The number of hydrogen-bond acceptors (Lipinski definition) is 6. The van der Waals surface area contributed by atoms with Crippen molar-refractivity contribution in [2.75, 3.05) is 6.54 Å². The third-order valence-corrected chi connectivity index (χ3v) is 15.5. The Morgan fingerprint density at radius 2 is 1.70 bits per heavy atom. The topological polar surface area (TPSA) is 134 Å². The molecule has 0 unspecified atom stereocenters. The number of rotatable bonds is 7. The Labute approximate surface area is 258 Å². The minimum atomic E-state index is -2.35. The fourth-order valence-corrected chi connectivity index (χ4v) is 12.9. The number of carbonyl (C=O) groups is 4. The number of allylic oxidation sites excluding steroid dienone is 1. The quantitative estimate of drug-likeness (QED) is 0.252. The number of nitrogens with zero attached hydrogens (tertiary/aromatic N) is 1. The molecule has 0 aromatic rings. The van der Waals surface area contributed by atoms with Gasteiger partial charge in [-0.25, -0.2) is 9.59 Å². The predicted molar refractivity (Wildman–Crippen MR) is 168 cm³/mol. The summed E-state index contributed by atoms with van der Waals surface area (Å²) in [7, 11) is -2.35. The molecule has 0 aromatic heterocycles. The fraction of sp³-hybridized carbons (Fsp3) is 0.812. The Balaban J connectivity index is 1.98. The van der Waals surface area contributed by atoms with Crippen LogP contribution in [0, 0.1) is 5.92 Å². The molecule has 3 amide bonds. The number of amides is 3. The van der Waals surface area contributed by atoms with Gasteiger partial charge in [-0.05, 0) is 63.1 Å². The Bertz CT molecular complexity index is 1050. The van der Waals surface area contributed by atoms with E-state index in [-0.39, 0.29) is 30.9 Å². The van der Waals surface area contributed by atoms with Crippen molar-refractivity contribution in [1.82, 2.24) is 15.5 Å². The Morgan fingerprint density at radius 3 is 2.26 bits per heavy atom. The molecule has 2 heterocycles. The van der Waals surface area contributed by atoms with Crippen LogP contribution in [0.3, 0.4) is 0 Å². The van der Waals surface area contributed by atoms with E-state index in [0.717, 1.165) is 19.3 Å². The van der Waals surface area contributed by atoms with Crippen LogP contribution >= 0.6 is 0 Å². The molecule has 3 rings (SSSR count). The van der Waals surface area contributed by atoms with Crippen molar-refractivity contribution in [2.24, 2.45) is 5.92 Å². The minimum absolute atomic E-state index is 0.202. The summed E-state index contributed by atoms with van der Waals surface area (Å²) < 4.78 is 12.5. The van der Waals surface area contributed by atoms with E-state index in [1.807, 2.05) is 12.2 Å². The van der Waals surface area contributed by atoms with E-state index in [0.29, 0.717) is 35.9 Å². The number of carboxylic acids is 1. The van der Waals surface area contributed by atoms with E-state index in [4.69, 9.17) is 9.16 Å². The number of aliphatic carboxylic acids is 1. The van der Waals surface area contributed by atoms with E-state index in [9.17, 15) is 24.3 Å². The van der Waals surface area contributed by atoms with Gasteiger partial charge in [0.15, 0.2) is 0 Å². The molecule has 244 valence electrons. The molecular weight excluding hydrogens is 566 g/mol. The first-order valence-corrected chi connectivity index (χ1v) is 18.3. The van der Waals surface area contributed by atoms with Gasteiger partial charge in [0.2, 0.25) is 20.1 Å². The van der Waals surface area contributed by atoms with Gasteiger partial charge in [0, 0.05) is 18.9 Å². The van der Waals surface area contributed by atoms with Crippen molar-refractivity contribution in [3.8, 4) is 0 Å². The lowest BCUT2D eigenvalue weighted by Crippen LogP contribution is -2.56. The molecule has 2 aliphatic heterocycles. The number of carbonyl (C=O) groups excluding carboxylic acids is 3. The maximum Gasteiger partial charge on any atom is 0.408 e. The zero-order valence-electron chi connectivity index (χ0n) is 27.7. The van der Waals surface area contributed by atoms with E-state index in [2.05, 4.69) is 52.2 Å². The smallest absolute Gasteiger partial charge is 0.408 e. The second-order valence-corrected chi connectivity index (χ2v) is 20.0. The summed E-state index contributed by atoms with van der Waals surface area (Å²) in [6.45, 7) is 18.6. The summed E-state index contributed by atoms with van der Waals surface area (Å²) in [5, 5.41) is 15.7. The maximum absolute atomic E-state index is 14.2. The summed E-state index contributed by atoms with van der Waals surface area (Å²) in [5.41, 5.74) is -1.18. The zero-order chi connectivity index (χ0) is 32.3. The summed E-state index contributed by atoms with van der Waals surface area (Å²) in [6, 6.07) is -1.79. The van der Waals surface area contributed by atoms with Crippen LogP contribution in [0.2, 0.25) is 16.6 Å². The third-order valence-electron chi connectivity index (χ3n) is 9.39. The van der Waals surface area contributed by atoms with Gasteiger partial charge in [-0.2, -0.15) is 0 Å². The first-order valence-electron chi connectivity index (χ1n) is 16.1. The number of carboxylic acid groups (broad SMARTS) is 1. The number of nitrogens with one attached hydrogen (secondary N) is 2. The highest BCUT2D eigenvalue weighted by atomic mass is 28.4. The van der Waals surface area contributed by atoms with E-state index in [1.54, 1.807) is 20.8 Å². The molecule has 0 bridgehead atoms. The average Bonchev–Trinajstić information content (AvgIpc) is 3.40. The van der Waals surface area contributed by atoms with Gasteiger partial charge >= 0.3 is 12.1 Å². The number of alkyl carbamates (subject to hydrolysis) is 1. The van der Waals surface area contributed by atoms with Crippen molar-refractivity contribution >= 4 is 32.2 Å². The lowest BCUT2D eigenvalue weighted by atomic mass is 10.0. The highest BCUT2D eigenvalue weighted by molar-refractivity contribution is 6.77. The van der Waals surface area contributed by atoms with Crippen LogP contribution in [-0.2, 0) is 23.5 Å². The largest absolute Gasteiger partial charge is 0.479 e. The van der Waals surface area contributed by atoms with Gasteiger partial charge in [0.1, 0.15) is 23.2 Å². The van der Waals surface area contributed by atoms with Crippen molar-refractivity contribution in [3.63, 3.8) is 0 Å². The highest BCUT2D eigenvalue weighted by Crippen LogP contribution is 2.46. The molecule has 1 aliphatic carbocycles. The summed E-state index contributed by atoms with van der Waals surface area (Å²) in [5.74, 6) is -2.22. The summed E-state index contributed by atoms with van der Waals surface area (Å²) in [6.07, 6.45) is 7.02. The van der Waals surface area contributed by atoms with Gasteiger partial charge in [-0.15, -0.1) is 0 Å². The minimum Gasteiger partial charge on any atom is -0.479 e. The number of fused-ring (bicyclic) bond motifs is 2. The van der Waals surface area contributed by atoms with Crippen LogP contribution in [0.25, 0.3) is 0 Å². The zero-order valence-corrected chi connectivity index (χ0v) is 28.7. The average molecular weight is 622 g/mol. The Kier molecular flexibility index (Phi) is 11.2. The molecular formula is C32H55N3O7Si. The molecule has 0 spiro atoms. The predicted octanol–water partition coefficient (Wildman–Crippen LogP) is 5.52. The van der Waals surface area contributed by atoms with Crippen LogP contribution in [0.1, 0.15) is 107 Å². The number of hydrogen-bond donors (Lipinski definition) is 3. The van der Waals surface area contributed by atoms with E-state index in [1.165, 1.54) is 4.90 Å². The van der Waals surface area contributed by atoms with Gasteiger partial charge in [-0.3, -0.25) is 9.59 Å². The van der Waals surface area contributed by atoms with Gasteiger partial charge < -0.3 is 29.8 Å². The van der Waals surface area contributed by atoms with Crippen LogP contribution in [0.15, 0.2) is 12.2 Å². The molecule has 2 fully saturated rings. The SMILES string of the molecule is CC(C)[Si](O[C@@H]1C[C@H]2C(=O)N[C@]3(C(=O)O)C[C@H]3/C=C\CCCCC[C@H](NC(=O)OC(C)(C)C)C(=O)N2C1)(C(C)C)C(C)C. The number of ether oxygens (including phenoxy) is 1. The van der Waals surface area contributed by atoms with E-state index < -0.39 is 49.5 Å². The molecule has 43 heavy (non-hydrogen) atoms. The van der Waals surface area contributed by atoms with Crippen LogP contribution in [0.4, 0.5) is 4.79 Å². The van der Waals surface area contributed by atoms with Gasteiger partial charge in [-0.1, -0.05) is 66.5 Å². The Morgan fingerprint density at radius 1 is 1.07 bits per heavy atom. The fourth-order valence-electron chi connectivity index (χ4n) is 7.29. The molecule has 5 atom stereocenters. The second kappa shape index (κ2) is 13.7. The molecule has 0 aromatic carbocycles. The Hall–Kier alpha value is -2.40. The normalized spacial score (nSPS) is 29.8. The first-order chi connectivity index (χ1) is 19.9. The molecule has 10 nitrogen and oxygen atoms in total. The molecule has 1 saturated heterocycles. The van der Waals surface area contributed by atoms with Crippen LogP contribution in [0.5, 0.6) is 0 Å². The molecule has 3 N–H and O–H groups in total. The van der Waals surface area contributed by atoms with Gasteiger partial charge in [0.25, 0.3) is 0 Å². The van der Waals surface area contributed by atoms with Crippen molar-refractivity contribution in [1.29, 1.82) is 0 Å². The molecule has 11 heteroatoms. The maximum atomic E-state index is 14.2. The standard InChI is InChI=1S/C32H55N3O7Si/c1-20(2)43(21(3)4,22(5)6)42-24-17-26-27(36)34-32(29(38)39)18-23(32)15-13-11-10-12-14-16-25(28(37)35(26)19-24)33-30(40)41-31(7,8)9/h13,15,20-26H,10-12,14,16-19H2,1-9H3,(H,33,40)(H,34,36)(H,38,39)/b15-13-/t23-,24-,25+,26+,32-/m1/s1. The molecule has 1 saturated carbocycles. The third kappa shape index (κ3) is 8.01. The monoisotopic (exact) mass is 621 g/mol. The lowest BCUT2D eigenvalue weighted by molar-refractivity contribution is -0.145. The van der Waals surface area contributed by atoms with Crippen molar-refractivity contribution in [3.05, 3.63) is 12.2 Å². The molecule has 0 radical (unpaired) electrons. The van der Waals surface area contributed by atoms with E-state index >= 15 is 0 Å². The summed E-state index contributed by atoms with van der Waals surface area (Å²) >= 11 is 0. The second-order valence-electron chi connectivity index (χ2n) is 14.6. The van der Waals surface area contributed by atoms with Crippen molar-refractivity contribution < 1.29 is 33.4 Å². The molecule has 3 aliphatic rings. The van der Waals surface area contributed by atoms with Crippen molar-refractivity contribution in [2.45, 2.75) is 153 Å². The van der Waals surface area contributed by atoms with Gasteiger partial charge in [0.05, 0.1) is 6.10 Å².